The van der Waals surface area contributed by atoms with Crippen molar-refractivity contribution in [3.05, 3.63) is 35.6 Å². The normalized spacial score (nSPS) is 23.1. The van der Waals surface area contributed by atoms with Gasteiger partial charge in [-0.25, -0.2) is 4.39 Å². The molecule has 0 aliphatic carbocycles. The van der Waals surface area contributed by atoms with E-state index in [0.717, 1.165) is 0 Å². The minimum Gasteiger partial charge on any atom is -0.388 e. The van der Waals surface area contributed by atoms with Crippen molar-refractivity contribution in [3.63, 3.8) is 0 Å². The molecule has 0 amide bonds. The largest absolute Gasteiger partial charge is 0.388 e. The van der Waals surface area contributed by atoms with Gasteiger partial charge in [0.2, 0.25) is 0 Å². The Bertz CT molecular complexity index is 374. The fraction of sp³-hybridized carbons (Fsp3) is 0.417. The molecule has 4 heteroatoms. The number of carbonyl (C=O) groups excluding carboxylic acids is 1. The van der Waals surface area contributed by atoms with Crippen molar-refractivity contribution >= 4 is 5.78 Å². The molecule has 0 radical (unpaired) electrons. The highest BCUT2D eigenvalue weighted by Crippen LogP contribution is 2.26. The van der Waals surface area contributed by atoms with E-state index in [2.05, 4.69) is 0 Å². The monoisotopic (exact) mass is 224 g/mol. The van der Waals surface area contributed by atoms with Crippen molar-refractivity contribution < 1.29 is 19.0 Å². The zero-order chi connectivity index (χ0) is 11.5. The van der Waals surface area contributed by atoms with Gasteiger partial charge in [0, 0.05) is 6.42 Å². The third-order valence-corrected chi connectivity index (χ3v) is 2.80. The molecule has 0 unspecified atom stereocenters. The number of aliphatic hydroxyl groups excluding tert-OH is 1. The van der Waals surface area contributed by atoms with Crippen LogP contribution in [0.5, 0.6) is 0 Å². The number of Topliss-reactive ketones (excluding diaryl/α,β-unsaturated/α-hetero) is 1. The van der Waals surface area contributed by atoms with E-state index in [9.17, 15) is 14.3 Å². The second-order valence-electron chi connectivity index (χ2n) is 3.89. The summed E-state index contributed by atoms with van der Waals surface area (Å²) in [6, 6.07) is 5.52. The first-order valence-corrected chi connectivity index (χ1v) is 5.22. The second kappa shape index (κ2) is 4.72. The maximum atomic E-state index is 12.7. The SMILES string of the molecule is O=C1CCOC[C@@H]1[C@H](O)c1ccc(F)cc1. The van der Waals surface area contributed by atoms with Gasteiger partial charge in [-0.05, 0) is 17.7 Å². The topological polar surface area (TPSA) is 46.5 Å². The number of aliphatic hydroxyl groups is 1. The van der Waals surface area contributed by atoms with E-state index >= 15 is 0 Å². The average Bonchev–Trinajstić information content (AvgIpc) is 2.30. The van der Waals surface area contributed by atoms with Gasteiger partial charge < -0.3 is 9.84 Å². The lowest BCUT2D eigenvalue weighted by Crippen LogP contribution is -2.32. The van der Waals surface area contributed by atoms with Gasteiger partial charge >= 0.3 is 0 Å². The van der Waals surface area contributed by atoms with Gasteiger partial charge in [-0.3, -0.25) is 4.79 Å². The number of carbonyl (C=O) groups is 1. The van der Waals surface area contributed by atoms with Crippen LogP contribution in [0.15, 0.2) is 24.3 Å². The summed E-state index contributed by atoms with van der Waals surface area (Å²) in [5.74, 6) is -0.885. The summed E-state index contributed by atoms with van der Waals surface area (Å²) in [5.41, 5.74) is 0.547. The molecule has 1 aliphatic heterocycles. The van der Waals surface area contributed by atoms with Crippen LogP contribution in [-0.4, -0.2) is 24.1 Å². The summed E-state index contributed by atoms with van der Waals surface area (Å²) in [6.45, 7) is 0.656. The molecule has 0 aromatic heterocycles. The van der Waals surface area contributed by atoms with Gasteiger partial charge in [0.25, 0.3) is 0 Å². The number of hydrogen-bond donors (Lipinski definition) is 1. The van der Waals surface area contributed by atoms with Crippen molar-refractivity contribution in [3.8, 4) is 0 Å². The van der Waals surface area contributed by atoms with Crippen LogP contribution in [0.25, 0.3) is 0 Å². The molecule has 0 spiro atoms. The fourth-order valence-corrected chi connectivity index (χ4v) is 1.82. The predicted octanol–water partition coefficient (Wildman–Crippen LogP) is 1.46. The number of hydrogen-bond acceptors (Lipinski definition) is 3. The van der Waals surface area contributed by atoms with E-state index in [1.54, 1.807) is 0 Å². The first kappa shape index (κ1) is 11.2. The number of ketones is 1. The standard InChI is InChI=1S/C12H13FO3/c13-9-3-1-8(2-4-9)12(15)10-7-16-6-5-11(10)14/h1-4,10,12,15H,5-7H2/t10-,12+/m0/s1. The first-order chi connectivity index (χ1) is 7.68. The molecular weight excluding hydrogens is 211 g/mol. The van der Waals surface area contributed by atoms with Gasteiger partial charge in [0.1, 0.15) is 11.6 Å². The van der Waals surface area contributed by atoms with Gasteiger partial charge in [-0.1, -0.05) is 12.1 Å². The Morgan fingerprint density at radius 2 is 2.06 bits per heavy atom. The average molecular weight is 224 g/mol. The summed E-state index contributed by atoms with van der Waals surface area (Å²) < 4.78 is 17.9. The smallest absolute Gasteiger partial charge is 0.143 e. The lowest BCUT2D eigenvalue weighted by atomic mass is 9.90. The Balaban J connectivity index is 2.14. The Hall–Kier alpha value is -1.26. The van der Waals surface area contributed by atoms with E-state index in [-0.39, 0.29) is 18.2 Å². The van der Waals surface area contributed by atoms with E-state index in [4.69, 9.17) is 4.74 Å². The minimum atomic E-state index is -0.909. The molecule has 1 saturated heterocycles. The van der Waals surface area contributed by atoms with E-state index < -0.39 is 12.0 Å². The van der Waals surface area contributed by atoms with E-state index in [1.807, 2.05) is 0 Å². The van der Waals surface area contributed by atoms with Gasteiger partial charge in [0.05, 0.1) is 25.2 Å². The zero-order valence-corrected chi connectivity index (χ0v) is 8.73. The van der Waals surface area contributed by atoms with E-state index in [0.29, 0.717) is 18.6 Å². The summed E-state index contributed by atoms with van der Waals surface area (Å²) in [7, 11) is 0. The quantitative estimate of drug-likeness (QED) is 0.827. The molecule has 1 N–H and O–H groups in total. The van der Waals surface area contributed by atoms with Crippen LogP contribution < -0.4 is 0 Å². The number of ether oxygens (including phenoxy) is 1. The summed E-state index contributed by atoms with van der Waals surface area (Å²) in [6.07, 6.45) is -0.573. The summed E-state index contributed by atoms with van der Waals surface area (Å²) >= 11 is 0. The van der Waals surface area contributed by atoms with Crippen molar-refractivity contribution in [2.45, 2.75) is 12.5 Å². The maximum absolute atomic E-state index is 12.7. The van der Waals surface area contributed by atoms with Gasteiger partial charge in [0.15, 0.2) is 0 Å². The number of rotatable bonds is 2. The van der Waals surface area contributed by atoms with Crippen LogP contribution in [0.1, 0.15) is 18.1 Å². The Morgan fingerprint density at radius 3 is 2.69 bits per heavy atom. The molecule has 3 nitrogen and oxygen atoms in total. The van der Waals surface area contributed by atoms with Crippen molar-refractivity contribution in [1.29, 1.82) is 0 Å². The summed E-state index contributed by atoms with van der Waals surface area (Å²) in [4.78, 5) is 11.6. The fourth-order valence-electron chi connectivity index (χ4n) is 1.82. The molecule has 2 rings (SSSR count). The molecule has 0 saturated carbocycles. The molecule has 16 heavy (non-hydrogen) atoms. The highest BCUT2D eigenvalue weighted by Gasteiger charge is 2.30. The van der Waals surface area contributed by atoms with Crippen molar-refractivity contribution in [2.75, 3.05) is 13.2 Å². The van der Waals surface area contributed by atoms with Crippen molar-refractivity contribution in [2.24, 2.45) is 5.92 Å². The Labute approximate surface area is 92.9 Å². The van der Waals surface area contributed by atoms with E-state index in [1.165, 1.54) is 24.3 Å². The minimum absolute atomic E-state index is 0.00285. The van der Waals surface area contributed by atoms with Crippen LogP contribution in [-0.2, 0) is 9.53 Å². The molecule has 1 aromatic carbocycles. The van der Waals surface area contributed by atoms with Crippen molar-refractivity contribution in [1.82, 2.24) is 0 Å². The van der Waals surface area contributed by atoms with Crippen LogP contribution in [0.4, 0.5) is 4.39 Å². The lowest BCUT2D eigenvalue weighted by Gasteiger charge is -2.25. The molecule has 1 aliphatic rings. The molecule has 0 bridgehead atoms. The zero-order valence-electron chi connectivity index (χ0n) is 8.73. The number of halogens is 1. The predicted molar refractivity (Wildman–Crippen MR) is 55.3 cm³/mol. The molecule has 86 valence electrons. The Kier molecular flexibility index (Phi) is 3.31. The molecular formula is C12H13FO3. The third-order valence-electron chi connectivity index (χ3n) is 2.80. The Morgan fingerprint density at radius 1 is 1.38 bits per heavy atom. The lowest BCUT2D eigenvalue weighted by molar-refractivity contribution is -0.136. The van der Waals surface area contributed by atoms with Gasteiger partial charge in [-0.15, -0.1) is 0 Å². The third kappa shape index (κ3) is 2.28. The maximum Gasteiger partial charge on any atom is 0.143 e. The van der Waals surface area contributed by atoms with Crippen LogP contribution >= 0.6 is 0 Å². The molecule has 1 heterocycles. The van der Waals surface area contributed by atoms with Crippen LogP contribution in [0, 0.1) is 11.7 Å². The summed E-state index contributed by atoms with van der Waals surface area (Å²) in [5, 5.41) is 9.98. The molecule has 2 atom stereocenters. The van der Waals surface area contributed by atoms with Crippen LogP contribution in [0.3, 0.4) is 0 Å². The highest BCUT2D eigenvalue weighted by atomic mass is 19.1. The second-order valence-corrected chi connectivity index (χ2v) is 3.89. The van der Waals surface area contributed by atoms with Gasteiger partial charge in [-0.2, -0.15) is 0 Å². The molecule has 1 fully saturated rings. The molecule has 1 aromatic rings. The first-order valence-electron chi connectivity index (χ1n) is 5.22. The van der Waals surface area contributed by atoms with Crippen LogP contribution in [0.2, 0.25) is 0 Å². The number of benzene rings is 1. The highest BCUT2D eigenvalue weighted by molar-refractivity contribution is 5.82.